The molecule has 6 heteroatoms. The first kappa shape index (κ1) is 16.0. The number of halogens is 1. The molecule has 1 fully saturated rings. The van der Waals surface area contributed by atoms with Crippen LogP contribution in [0.15, 0.2) is 41.1 Å². The molecule has 3 rings (SSSR count). The average molecular weight is 349 g/mol. The molecule has 23 heavy (non-hydrogen) atoms. The van der Waals surface area contributed by atoms with Crippen molar-refractivity contribution in [2.24, 2.45) is 5.92 Å². The molecule has 120 valence electrons. The van der Waals surface area contributed by atoms with Crippen molar-refractivity contribution in [1.82, 2.24) is 10.6 Å². The van der Waals surface area contributed by atoms with Crippen LogP contribution in [0.25, 0.3) is 0 Å². The van der Waals surface area contributed by atoms with Crippen molar-refractivity contribution in [2.75, 3.05) is 6.54 Å². The minimum absolute atomic E-state index is 0.0149. The second kappa shape index (κ2) is 7.15. The summed E-state index contributed by atoms with van der Waals surface area (Å²) in [6, 6.07) is 9.30. The predicted molar refractivity (Wildman–Crippen MR) is 91.5 cm³/mol. The van der Waals surface area contributed by atoms with Gasteiger partial charge in [0.05, 0.1) is 12.0 Å². The van der Waals surface area contributed by atoms with Crippen molar-refractivity contribution in [2.45, 2.75) is 18.9 Å². The van der Waals surface area contributed by atoms with Gasteiger partial charge in [-0.3, -0.25) is 9.59 Å². The first-order valence-electron chi connectivity index (χ1n) is 7.48. The van der Waals surface area contributed by atoms with Crippen molar-refractivity contribution < 1.29 is 9.59 Å². The molecule has 2 amide bonds. The van der Waals surface area contributed by atoms with E-state index >= 15 is 0 Å². The molecule has 0 spiro atoms. The van der Waals surface area contributed by atoms with Gasteiger partial charge in [-0.1, -0.05) is 23.7 Å². The molecule has 2 aromatic rings. The lowest BCUT2D eigenvalue weighted by Gasteiger charge is -2.25. The fraction of sp³-hybridized carbons (Fsp3) is 0.294. The lowest BCUT2D eigenvalue weighted by molar-refractivity contribution is -0.129. The zero-order valence-electron chi connectivity index (χ0n) is 12.4. The monoisotopic (exact) mass is 348 g/mol. The summed E-state index contributed by atoms with van der Waals surface area (Å²) in [6.45, 7) is 0.404. The van der Waals surface area contributed by atoms with Gasteiger partial charge in [0.2, 0.25) is 11.8 Å². The van der Waals surface area contributed by atoms with Crippen LogP contribution in [0.5, 0.6) is 0 Å². The van der Waals surface area contributed by atoms with E-state index in [2.05, 4.69) is 10.6 Å². The first-order chi connectivity index (χ1) is 11.1. The quantitative estimate of drug-likeness (QED) is 0.891. The predicted octanol–water partition coefficient (Wildman–Crippen LogP) is 3.13. The number of thiophene rings is 1. The summed E-state index contributed by atoms with van der Waals surface area (Å²) in [6.07, 6.45) is 0.997. The van der Waals surface area contributed by atoms with E-state index in [0.717, 1.165) is 11.1 Å². The summed E-state index contributed by atoms with van der Waals surface area (Å²) in [5, 5.41) is 10.6. The number of carbonyl (C=O) groups excluding carboxylic acids is 2. The third-order valence-electron chi connectivity index (χ3n) is 4.00. The van der Waals surface area contributed by atoms with E-state index < -0.39 is 0 Å². The van der Waals surface area contributed by atoms with E-state index in [4.69, 9.17) is 11.6 Å². The van der Waals surface area contributed by atoms with Crippen molar-refractivity contribution in [3.8, 4) is 0 Å². The molecule has 4 nitrogen and oxygen atoms in total. The van der Waals surface area contributed by atoms with E-state index in [1.165, 1.54) is 0 Å². The molecular formula is C17H17ClN2O2S. The normalized spacial score (nSPS) is 19.0. The number of rotatable bonds is 4. The number of nitrogens with one attached hydrogen (secondary N) is 2. The number of benzene rings is 1. The third kappa shape index (κ3) is 3.92. The van der Waals surface area contributed by atoms with E-state index in [-0.39, 0.29) is 23.8 Å². The number of hydrogen-bond acceptors (Lipinski definition) is 3. The molecule has 1 aliphatic rings. The minimum Gasteiger partial charge on any atom is -0.355 e. The Morgan fingerprint density at radius 3 is 2.65 bits per heavy atom. The second-order valence-corrected chi connectivity index (χ2v) is 6.81. The first-order valence-corrected chi connectivity index (χ1v) is 8.80. The van der Waals surface area contributed by atoms with Crippen molar-refractivity contribution in [3.05, 3.63) is 57.2 Å². The molecule has 0 saturated carbocycles. The highest BCUT2D eigenvalue weighted by Crippen LogP contribution is 2.26. The minimum atomic E-state index is -0.205. The Morgan fingerprint density at radius 2 is 2.04 bits per heavy atom. The molecule has 0 aliphatic carbocycles. The number of piperidine rings is 1. The Bertz CT molecular complexity index is 675. The van der Waals surface area contributed by atoms with Crippen LogP contribution in [0.3, 0.4) is 0 Å². The molecule has 1 aliphatic heterocycles. The fourth-order valence-electron chi connectivity index (χ4n) is 2.67. The maximum Gasteiger partial charge on any atom is 0.225 e. The highest BCUT2D eigenvalue weighted by molar-refractivity contribution is 7.08. The van der Waals surface area contributed by atoms with Crippen LogP contribution in [-0.2, 0) is 9.59 Å². The van der Waals surface area contributed by atoms with Crippen LogP contribution < -0.4 is 10.6 Å². The Hall–Kier alpha value is -1.85. The molecule has 0 bridgehead atoms. The Morgan fingerprint density at radius 1 is 1.26 bits per heavy atom. The van der Waals surface area contributed by atoms with Gasteiger partial charge in [-0.15, -0.1) is 0 Å². The standard InChI is InChI=1S/C17H17ClN2O2S/c18-14-4-1-11(2-5-14)16(13-7-8-23-10-13)20-17(22)12-3-6-15(21)19-9-12/h1-2,4-5,7-8,10,12,16H,3,6,9H2,(H,19,21)(H,20,22)/t12-,16-/m0/s1. The summed E-state index contributed by atoms with van der Waals surface area (Å²) in [5.41, 5.74) is 2.03. The summed E-state index contributed by atoms with van der Waals surface area (Å²) < 4.78 is 0. The van der Waals surface area contributed by atoms with Crippen LogP contribution >= 0.6 is 22.9 Å². The molecule has 0 radical (unpaired) electrons. The number of hydrogen-bond donors (Lipinski definition) is 2. The van der Waals surface area contributed by atoms with E-state index in [1.807, 2.05) is 41.1 Å². The maximum atomic E-state index is 12.6. The van der Waals surface area contributed by atoms with Gasteiger partial charge in [-0.2, -0.15) is 11.3 Å². The molecular weight excluding hydrogens is 332 g/mol. The van der Waals surface area contributed by atoms with E-state index in [1.54, 1.807) is 11.3 Å². The summed E-state index contributed by atoms with van der Waals surface area (Å²) in [5.74, 6) is -0.196. The topological polar surface area (TPSA) is 58.2 Å². The van der Waals surface area contributed by atoms with Gasteiger partial charge in [-0.25, -0.2) is 0 Å². The molecule has 1 aromatic carbocycles. The van der Waals surface area contributed by atoms with Crippen molar-refractivity contribution in [3.63, 3.8) is 0 Å². The largest absolute Gasteiger partial charge is 0.355 e. The van der Waals surface area contributed by atoms with Crippen LogP contribution in [0.2, 0.25) is 5.02 Å². The zero-order valence-corrected chi connectivity index (χ0v) is 14.0. The van der Waals surface area contributed by atoms with Gasteiger partial charge in [0, 0.05) is 18.0 Å². The van der Waals surface area contributed by atoms with Crippen LogP contribution in [-0.4, -0.2) is 18.4 Å². The van der Waals surface area contributed by atoms with Crippen LogP contribution in [0, 0.1) is 5.92 Å². The number of carbonyl (C=O) groups is 2. The van der Waals surface area contributed by atoms with Crippen LogP contribution in [0.4, 0.5) is 0 Å². The van der Waals surface area contributed by atoms with Gasteiger partial charge in [-0.05, 0) is 46.5 Å². The van der Waals surface area contributed by atoms with Crippen LogP contribution in [0.1, 0.15) is 30.0 Å². The average Bonchev–Trinajstić information content (AvgIpc) is 3.08. The lowest BCUT2D eigenvalue weighted by atomic mass is 9.96. The van der Waals surface area contributed by atoms with Crippen molar-refractivity contribution in [1.29, 1.82) is 0 Å². The van der Waals surface area contributed by atoms with Gasteiger partial charge in [0.1, 0.15) is 0 Å². The highest BCUT2D eigenvalue weighted by atomic mass is 35.5. The highest BCUT2D eigenvalue weighted by Gasteiger charge is 2.27. The zero-order chi connectivity index (χ0) is 16.2. The smallest absolute Gasteiger partial charge is 0.225 e. The van der Waals surface area contributed by atoms with Gasteiger partial charge >= 0.3 is 0 Å². The van der Waals surface area contributed by atoms with Crippen molar-refractivity contribution >= 4 is 34.8 Å². The fourth-order valence-corrected chi connectivity index (χ4v) is 3.48. The van der Waals surface area contributed by atoms with E-state index in [9.17, 15) is 9.59 Å². The molecule has 2 heterocycles. The Labute approximate surface area is 143 Å². The summed E-state index contributed by atoms with van der Waals surface area (Å²) >= 11 is 7.55. The molecule has 1 saturated heterocycles. The lowest BCUT2D eigenvalue weighted by Crippen LogP contribution is -2.44. The third-order valence-corrected chi connectivity index (χ3v) is 4.96. The summed E-state index contributed by atoms with van der Waals surface area (Å²) in [7, 11) is 0. The Balaban J connectivity index is 1.78. The molecule has 2 N–H and O–H groups in total. The SMILES string of the molecule is O=C1CC[C@H](C(=O)N[C@@H](c2ccc(Cl)cc2)c2ccsc2)CN1. The molecule has 1 aromatic heterocycles. The maximum absolute atomic E-state index is 12.6. The Kier molecular flexibility index (Phi) is 4.98. The summed E-state index contributed by atoms with van der Waals surface area (Å²) in [4.78, 5) is 23.8. The van der Waals surface area contributed by atoms with Gasteiger partial charge in [0.25, 0.3) is 0 Å². The molecule has 2 atom stereocenters. The molecule has 0 unspecified atom stereocenters. The van der Waals surface area contributed by atoms with Gasteiger partial charge in [0.15, 0.2) is 0 Å². The van der Waals surface area contributed by atoms with E-state index in [0.29, 0.717) is 24.4 Å². The second-order valence-electron chi connectivity index (χ2n) is 5.59. The van der Waals surface area contributed by atoms with Gasteiger partial charge < -0.3 is 10.6 Å². The number of amides is 2.